The maximum Gasteiger partial charge on any atom is 0.0309 e. The zero-order valence-electron chi connectivity index (χ0n) is 11.9. The van der Waals surface area contributed by atoms with Crippen LogP contribution in [0.1, 0.15) is 64.2 Å². The smallest absolute Gasteiger partial charge is 0.0309 e. The molecule has 3 fully saturated rings. The fraction of sp³-hybridized carbons (Fsp3) is 1.00. The highest BCUT2D eigenvalue weighted by Gasteiger charge is 2.37. The van der Waals surface area contributed by atoms with E-state index in [1.54, 1.807) is 0 Å². The van der Waals surface area contributed by atoms with E-state index in [4.69, 9.17) is 0 Å². The molecule has 2 nitrogen and oxygen atoms in total. The second-order valence-electron chi connectivity index (χ2n) is 6.98. The molecule has 0 aromatic heterocycles. The molecule has 1 aliphatic heterocycles. The van der Waals surface area contributed by atoms with Gasteiger partial charge < -0.3 is 10.2 Å². The molecule has 1 spiro atoms. The lowest BCUT2D eigenvalue weighted by atomic mass is 9.94. The van der Waals surface area contributed by atoms with E-state index in [2.05, 4.69) is 10.2 Å². The molecule has 0 unspecified atom stereocenters. The summed E-state index contributed by atoms with van der Waals surface area (Å²) in [4.78, 5) is 2.75. The van der Waals surface area contributed by atoms with Crippen molar-refractivity contribution >= 4 is 0 Å². The summed E-state index contributed by atoms with van der Waals surface area (Å²) in [5.74, 6) is 1.08. The van der Waals surface area contributed by atoms with E-state index in [0.717, 1.165) is 5.92 Å². The molecule has 2 aliphatic carbocycles. The van der Waals surface area contributed by atoms with Gasteiger partial charge in [0.2, 0.25) is 0 Å². The lowest BCUT2D eigenvalue weighted by Crippen LogP contribution is -2.59. The lowest BCUT2D eigenvalue weighted by molar-refractivity contribution is 0.131. The summed E-state index contributed by atoms with van der Waals surface area (Å²) >= 11 is 0. The molecule has 1 N–H and O–H groups in total. The van der Waals surface area contributed by atoms with E-state index in [1.807, 2.05) is 0 Å². The maximum atomic E-state index is 3.81. The van der Waals surface area contributed by atoms with Gasteiger partial charge in [-0.3, -0.25) is 0 Å². The Morgan fingerprint density at radius 1 is 1.06 bits per heavy atom. The summed E-state index contributed by atoms with van der Waals surface area (Å²) in [6.07, 6.45) is 14.7. The molecule has 3 aliphatic rings. The van der Waals surface area contributed by atoms with Crippen LogP contribution in [-0.2, 0) is 0 Å². The van der Waals surface area contributed by atoms with E-state index >= 15 is 0 Å². The number of nitrogens with zero attached hydrogens (tertiary/aromatic N) is 1. The lowest BCUT2D eigenvalue weighted by Gasteiger charge is -2.41. The Morgan fingerprint density at radius 2 is 1.83 bits per heavy atom. The van der Waals surface area contributed by atoms with Crippen molar-refractivity contribution in [2.24, 2.45) is 5.92 Å². The number of hydrogen-bond donors (Lipinski definition) is 1. The molecule has 2 heteroatoms. The highest BCUT2D eigenvalue weighted by molar-refractivity contribution is 4.98. The Bertz CT molecular complexity index is 252. The van der Waals surface area contributed by atoms with Crippen LogP contribution in [0.3, 0.4) is 0 Å². The quantitative estimate of drug-likeness (QED) is 0.824. The van der Waals surface area contributed by atoms with Crippen LogP contribution in [0.4, 0.5) is 0 Å². The van der Waals surface area contributed by atoms with E-state index < -0.39 is 0 Å². The normalized spacial score (nSPS) is 29.3. The van der Waals surface area contributed by atoms with Gasteiger partial charge in [-0.25, -0.2) is 0 Å². The topological polar surface area (TPSA) is 15.3 Å². The highest BCUT2D eigenvalue weighted by Crippen LogP contribution is 2.32. The Morgan fingerprint density at radius 3 is 2.61 bits per heavy atom. The molecule has 0 amide bonds. The van der Waals surface area contributed by atoms with Crippen LogP contribution in [-0.4, -0.2) is 36.6 Å². The van der Waals surface area contributed by atoms with Crippen molar-refractivity contribution in [3.63, 3.8) is 0 Å². The summed E-state index contributed by atoms with van der Waals surface area (Å²) in [5, 5.41) is 3.81. The molecule has 0 aromatic rings. The number of nitrogens with one attached hydrogen (secondary N) is 1. The SMILES string of the molecule is C1CCC(CCCN2CCNC3(CCCC3)C2)C1. The number of rotatable bonds is 4. The van der Waals surface area contributed by atoms with Gasteiger partial charge in [-0.1, -0.05) is 38.5 Å². The fourth-order valence-corrected chi connectivity index (χ4v) is 4.52. The first-order valence-electron chi connectivity index (χ1n) is 8.34. The first-order chi connectivity index (χ1) is 8.86. The van der Waals surface area contributed by atoms with Gasteiger partial charge in [-0.15, -0.1) is 0 Å². The third-order valence-electron chi connectivity index (χ3n) is 5.58. The van der Waals surface area contributed by atoms with Crippen molar-refractivity contribution in [2.75, 3.05) is 26.2 Å². The van der Waals surface area contributed by atoms with E-state index in [0.29, 0.717) is 5.54 Å². The largest absolute Gasteiger partial charge is 0.309 e. The Balaban J connectivity index is 1.39. The molecular weight excluding hydrogens is 220 g/mol. The minimum absolute atomic E-state index is 0.519. The zero-order chi connectivity index (χ0) is 12.3. The summed E-state index contributed by atoms with van der Waals surface area (Å²) < 4.78 is 0. The minimum atomic E-state index is 0.519. The molecule has 18 heavy (non-hydrogen) atoms. The second kappa shape index (κ2) is 5.92. The van der Waals surface area contributed by atoms with Crippen molar-refractivity contribution in [1.29, 1.82) is 0 Å². The monoisotopic (exact) mass is 250 g/mol. The average Bonchev–Trinajstić information content (AvgIpc) is 3.02. The van der Waals surface area contributed by atoms with Crippen LogP contribution in [0.15, 0.2) is 0 Å². The molecule has 0 aromatic carbocycles. The van der Waals surface area contributed by atoms with Gasteiger partial charge in [-0.2, -0.15) is 0 Å². The third-order valence-corrected chi connectivity index (χ3v) is 5.58. The Kier molecular flexibility index (Phi) is 4.25. The Hall–Kier alpha value is -0.0800. The van der Waals surface area contributed by atoms with Crippen LogP contribution in [0.2, 0.25) is 0 Å². The molecule has 0 atom stereocenters. The van der Waals surface area contributed by atoms with Gasteiger partial charge >= 0.3 is 0 Å². The maximum absolute atomic E-state index is 3.81. The summed E-state index contributed by atoms with van der Waals surface area (Å²) in [7, 11) is 0. The third kappa shape index (κ3) is 3.08. The van der Waals surface area contributed by atoms with Crippen LogP contribution in [0.25, 0.3) is 0 Å². The van der Waals surface area contributed by atoms with Crippen molar-refractivity contribution < 1.29 is 0 Å². The fourth-order valence-electron chi connectivity index (χ4n) is 4.52. The highest BCUT2D eigenvalue weighted by atomic mass is 15.2. The van der Waals surface area contributed by atoms with Crippen molar-refractivity contribution in [2.45, 2.75) is 69.7 Å². The molecule has 1 heterocycles. The Labute approximate surface area is 113 Å². The standard InChI is InChI=1S/C16H30N2/c1-2-7-15(6-1)8-5-12-18-13-11-17-16(14-18)9-3-4-10-16/h15,17H,1-14H2. The van der Waals surface area contributed by atoms with E-state index in [-0.39, 0.29) is 0 Å². The zero-order valence-corrected chi connectivity index (χ0v) is 11.9. The number of hydrogen-bond acceptors (Lipinski definition) is 2. The summed E-state index contributed by atoms with van der Waals surface area (Å²) in [5.41, 5.74) is 0.519. The van der Waals surface area contributed by atoms with E-state index in [9.17, 15) is 0 Å². The molecular formula is C16H30N2. The van der Waals surface area contributed by atoms with Gasteiger partial charge in [0.05, 0.1) is 0 Å². The van der Waals surface area contributed by atoms with Crippen LogP contribution in [0, 0.1) is 5.92 Å². The van der Waals surface area contributed by atoms with Crippen LogP contribution in [0.5, 0.6) is 0 Å². The van der Waals surface area contributed by atoms with Gasteiger partial charge in [0.1, 0.15) is 0 Å². The predicted molar refractivity (Wildman–Crippen MR) is 76.8 cm³/mol. The molecule has 3 rings (SSSR count). The first-order valence-corrected chi connectivity index (χ1v) is 8.34. The van der Waals surface area contributed by atoms with Crippen molar-refractivity contribution in [3.8, 4) is 0 Å². The van der Waals surface area contributed by atoms with Gasteiger partial charge in [0.25, 0.3) is 0 Å². The molecule has 104 valence electrons. The van der Waals surface area contributed by atoms with Crippen molar-refractivity contribution in [1.82, 2.24) is 10.2 Å². The molecule has 0 radical (unpaired) electrons. The van der Waals surface area contributed by atoms with E-state index in [1.165, 1.54) is 90.4 Å². The molecule has 1 saturated heterocycles. The van der Waals surface area contributed by atoms with Crippen molar-refractivity contribution in [3.05, 3.63) is 0 Å². The van der Waals surface area contributed by atoms with Crippen LogP contribution >= 0.6 is 0 Å². The summed E-state index contributed by atoms with van der Waals surface area (Å²) in [6, 6.07) is 0. The van der Waals surface area contributed by atoms with Crippen LogP contribution < -0.4 is 5.32 Å². The molecule has 0 bridgehead atoms. The number of piperazine rings is 1. The average molecular weight is 250 g/mol. The van der Waals surface area contributed by atoms with Gasteiger partial charge in [-0.05, 0) is 38.1 Å². The predicted octanol–water partition coefficient (Wildman–Crippen LogP) is 3.17. The first kappa shape index (κ1) is 12.9. The van der Waals surface area contributed by atoms with Gasteiger partial charge in [0.15, 0.2) is 0 Å². The molecule has 2 saturated carbocycles. The van der Waals surface area contributed by atoms with Gasteiger partial charge in [0, 0.05) is 25.2 Å². The summed E-state index contributed by atoms with van der Waals surface area (Å²) in [6.45, 7) is 5.20. The minimum Gasteiger partial charge on any atom is -0.309 e. The second-order valence-corrected chi connectivity index (χ2v) is 6.98.